The molecular weight excluding hydrogens is 445 g/mol. The topological polar surface area (TPSA) is 106 Å². The van der Waals surface area contributed by atoms with Crippen molar-refractivity contribution in [2.75, 3.05) is 5.32 Å². The molecule has 1 unspecified atom stereocenters. The number of Topliss-reactive ketones (excluding diaryl/α,β-unsaturated/α-hetero) is 1. The van der Waals surface area contributed by atoms with E-state index in [4.69, 9.17) is 0 Å². The van der Waals surface area contributed by atoms with Crippen LogP contribution < -0.4 is 10.6 Å². The van der Waals surface area contributed by atoms with Crippen LogP contribution in [0.25, 0.3) is 0 Å². The van der Waals surface area contributed by atoms with Crippen molar-refractivity contribution in [2.45, 2.75) is 46.1 Å². The van der Waals surface area contributed by atoms with Crippen molar-refractivity contribution in [1.82, 2.24) is 19.9 Å². The monoisotopic (exact) mass is 469 g/mol. The van der Waals surface area contributed by atoms with E-state index in [1.54, 1.807) is 36.8 Å². The number of aryl methyl sites for hydroxylation is 2. The first-order valence-electron chi connectivity index (χ1n) is 10.5. The van der Waals surface area contributed by atoms with Crippen LogP contribution in [-0.4, -0.2) is 38.2 Å². The molecule has 3 heterocycles. The summed E-state index contributed by atoms with van der Waals surface area (Å²) in [4.78, 5) is 47.9. The number of nitrogens with zero attached hydrogens (tertiary/aromatic N) is 3. The number of nitrogens with one attached hydrogen (secondary N) is 2. The molecule has 3 aromatic rings. The average Bonchev–Trinajstić information content (AvgIpc) is 3.24. The van der Waals surface area contributed by atoms with Crippen LogP contribution in [0.15, 0.2) is 18.3 Å². The maximum Gasteiger partial charge on any atom is 0.294 e. The van der Waals surface area contributed by atoms with Crippen molar-refractivity contribution in [3.05, 3.63) is 62.4 Å². The van der Waals surface area contributed by atoms with Gasteiger partial charge < -0.3 is 15.2 Å². The molecule has 0 radical (unpaired) electrons. The highest BCUT2D eigenvalue weighted by molar-refractivity contribution is 7.11. The van der Waals surface area contributed by atoms with E-state index in [2.05, 4.69) is 20.6 Å². The number of aromatic nitrogens is 3. The number of hydrogen-bond acceptors (Lipinski definition) is 6. The number of ketones is 1. The molecule has 10 heteroatoms. The fourth-order valence-electron chi connectivity index (χ4n) is 4.26. The standard InChI is InChI=1S/C23H24FN5O3S/c1-11-19(22(31)28-15-6-8-18(24)25-10-15)12(2)29(4)20(11)21(30)23(32)27-14-5-7-16-17(9-14)33-13(3)26-16/h6,8,10,14H,5,7,9H2,1-4H3,(H,27,32)(H,28,31). The molecule has 8 nitrogen and oxygen atoms in total. The first-order chi connectivity index (χ1) is 15.7. The van der Waals surface area contributed by atoms with Gasteiger partial charge in [-0.25, -0.2) is 9.97 Å². The summed E-state index contributed by atoms with van der Waals surface area (Å²) in [6.07, 6.45) is 3.36. The number of carbonyl (C=O) groups is 3. The highest BCUT2D eigenvalue weighted by atomic mass is 32.1. The number of thiazole rings is 1. The molecule has 0 fully saturated rings. The van der Waals surface area contributed by atoms with Gasteiger partial charge in [0.25, 0.3) is 17.6 Å². The lowest BCUT2D eigenvalue weighted by Gasteiger charge is -2.22. The largest absolute Gasteiger partial charge is 0.346 e. The molecule has 0 saturated heterocycles. The van der Waals surface area contributed by atoms with Gasteiger partial charge in [0.15, 0.2) is 0 Å². The van der Waals surface area contributed by atoms with E-state index < -0.39 is 23.5 Å². The molecule has 33 heavy (non-hydrogen) atoms. The summed E-state index contributed by atoms with van der Waals surface area (Å²) in [5.41, 5.74) is 2.81. The van der Waals surface area contributed by atoms with Gasteiger partial charge in [0.2, 0.25) is 5.95 Å². The minimum atomic E-state index is -0.692. The van der Waals surface area contributed by atoms with E-state index in [1.807, 2.05) is 6.92 Å². The number of pyridine rings is 1. The second-order valence-corrected chi connectivity index (χ2v) is 9.45. The summed E-state index contributed by atoms with van der Waals surface area (Å²) in [5.74, 6) is -2.50. The Kier molecular flexibility index (Phi) is 6.11. The zero-order chi connectivity index (χ0) is 23.9. The van der Waals surface area contributed by atoms with Gasteiger partial charge >= 0.3 is 0 Å². The molecule has 1 aliphatic rings. The van der Waals surface area contributed by atoms with E-state index in [9.17, 15) is 18.8 Å². The number of amides is 2. The SMILES string of the molecule is Cc1nc2c(s1)CC(NC(=O)C(=O)c1c(C)c(C(=O)Nc3ccc(F)nc3)c(C)n1C)CC2. The Hall–Kier alpha value is -3.40. The second-order valence-electron chi connectivity index (χ2n) is 8.16. The number of hydrogen-bond donors (Lipinski definition) is 2. The number of carbonyl (C=O) groups excluding carboxylic acids is 3. The molecule has 0 aliphatic heterocycles. The third kappa shape index (κ3) is 4.43. The Morgan fingerprint density at radius 3 is 2.67 bits per heavy atom. The molecule has 0 bridgehead atoms. The van der Waals surface area contributed by atoms with E-state index in [-0.39, 0.29) is 11.7 Å². The minimum Gasteiger partial charge on any atom is -0.346 e. The fraction of sp³-hybridized carbons (Fsp3) is 0.348. The molecule has 4 rings (SSSR count). The van der Waals surface area contributed by atoms with Crippen molar-refractivity contribution < 1.29 is 18.8 Å². The molecule has 3 aromatic heterocycles. The van der Waals surface area contributed by atoms with Gasteiger partial charge in [-0.3, -0.25) is 14.4 Å². The summed E-state index contributed by atoms with van der Waals surface area (Å²) in [7, 11) is 1.64. The average molecular weight is 470 g/mol. The Bertz CT molecular complexity index is 1260. The summed E-state index contributed by atoms with van der Waals surface area (Å²) >= 11 is 1.62. The van der Waals surface area contributed by atoms with E-state index in [0.717, 1.165) is 34.5 Å². The number of halogens is 1. The van der Waals surface area contributed by atoms with Gasteiger partial charge in [0.05, 0.1) is 33.8 Å². The highest BCUT2D eigenvalue weighted by Gasteiger charge is 2.31. The molecular formula is C23H24FN5O3S. The molecule has 0 spiro atoms. The van der Waals surface area contributed by atoms with Crippen molar-refractivity contribution in [2.24, 2.45) is 7.05 Å². The third-order valence-corrected chi connectivity index (χ3v) is 6.98. The summed E-state index contributed by atoms with van der Waals surface area (Å²) in [5, 5.41) is 6.51. The Morgan fingerprint density at radius 1 is 1.21 bits per heavy atom. The normalized spacial score (nSPS) is 15.1. The summed E-state index contributed by atoms with van der Waals surface area (Å²) in [6.45, 7) is 5.30. The van der Waals surface area contributed by atoms with Gasteiger partial charge in [-0.15, -0.1) is 11.3 Å². The van der Waals surface area contributed by atoms with Crippen LogP contribution in [-0.2, 0) is 24.7 Å². The van der Waals surface area contributed by atoms with Crippen molar-refractivity contribution in [3.63, 3.8) is 0 Å². The van der Waals surface area contributed by atoms with Gasteiger partial charge in [-0.1, -0.05) is 0 Å². The lowest BCUT2D eigenvalue weighted by molar-refractivity contribution is -0.117. The Labute approximate surface area is 194 Å². The Balaban J connectivity index is 1.51. The lowest BCUT2D eigenvalue weighted by Crippen LogP contribution is -2.42. The van der Waals surface area contributed by atoms with Crippen molar-refractivity contribution in [1.29, 1.82) is 0 Å². The van der Waals surface area contributed by atoms with Crippen LogP contribution in [0.5, 0.6) is 0 Å². The summed E-state index contributed by atoms with van der Waals surface area (Å²) < 4.78 is 14.6. The minimum absolute atomic E-state index is 0.135. The Morgan fingerprint density at radius 2 is 1.97 bits per heavy atom. The first kappa shape index (κ1) is 22.8. The van der Waals surface area contributed by atoms with Crippen LogP contribution in [0, 0.1) is 26.7 Å². The smallest absolute Gasteiger partial charge is 0.294 e. The molecule has 0 aromatic carbocycles. The quantitative estimate of drug-likeness (QED) is 0.339. The predicted octanol–water partition coefficient (Wildman–Crippen LogP) is 3.05. The molecule has 172 valence electrons. The van der Waals surface area contributed by atoms with E-state index >= 15 is 0 Å². The van der Waals surface area contributed by atoms with Gasteiger partial charge in [0, 0.05) is 30.1 Å². The third-order valence-electron chi connectivity index (χ3n) is 5.95. The molecule has 2 amide bonds. The van der Waals surface area contributed by atoms with Crippen LogP contribution >= 0.6 is 11.3 Å². The fourth-order valence-corrected chi connectivity index (χ4v) is 5.33. The lowest BCUT2D eigenvalue weighted by atomic mass is 9.97. The van der Waals surface area contributed by atoms with Gasteiger partial charge in [0.1, 0.15) is 0 Å². The maximum atomic E-state index is 13.1. The summed E-state index contributed by atoms with van der Waals surface area (Å²) in [6, 6.07) is 2.40. The highest BCUT2D eigenvalue weighted by Crippen LogP contribution is 2.27. The molecule has 2 N–H and O–H groups in total. The zero-order valence-corrected chi connectivity index (χ0v) is 19.6. The zero-order valence-electron chi connectivity index (χ0n) is 18.8. The van der Waals surface area contributed by atoms with Crippen molar-refractivity contribution >= 4 is 34.6 Å². The van der Waals surface area contributed by atoms with Gasteiger partial charge in [-0.2, -0.15) is 4.39 Å². The second kappa shape index (κ2) is 8.86. The molecule has 1 atom stereocenters. The number of rotatable bonds is 5. The molecule has 1 aliphatic carbocycles. The van der Waals surface area contributed by atoms with Crippen LogP contribution in [0.1, 0.15) is 54.1 Å². The first-order valence-corrected chi connectivity index (χ1v) is 11.4. The van der Waals surface area contributed by atoms with Crippen LogP contribution in [0.4, 0.5) is 10.1 Å². The number of fused-ring (bicyclic) bond motifs is 1. The van der Waals surface area contributed by atoms with Crippen LogP contribution in [0.3, 0.4) is 0 Å². The van der Waals surface area contributed by atoms with Crippen molar-refractivity contribution in [3.8, 4) is 0 Å². The predicted molar refractivity (Wildman–Crippen MR) is 122 cm³/mol. The van der Waals surface area contributed by atoms with Crippen LogP contribution in [0.2, 0.25) is 0 Å². The van der Waals surface area contributed by atoms with E-state index in [1.165, 1.54) is 12.3 Å². The number of anilines is 1. The van der Waals surface area contributed by atoms with Gasteiger partial charge in [-0.05, 0) is 51.3 Å². The van der Waals surface area contributed by atoms with E-state index in [0.29, 0.717) is 28.9 Å². The molecule has 0 saturated carbocycles. The maximum absolute atomic E-state index is 13.1.